The van der Waals surface area contributed by atoms with Crippen LogP contribution in [0.2, 0.25) is 0 Å². The van der Waals surface area contributed by atoms with Gasteiger partial charge in [0.2, 0.25) is 0 Å². The summed E-state index contributed by atoms with van der Waals surface area (Å²) in [6.07, 6.45) is 0. The molecule has 1 fully saturated rings. The van der Waals surface area contributed by atoms with Crippen molar-refractivity contribution in [1.29, 1.82) is 0 Å². The van der Waals surface area contributed by atoms with Crippen LogP contribution < -0.4 is 0 Å². The molecule has 1 aromatic carbocycles. The lowest BCUT2D eigenvalue weighted by atomic mass is 10.0. The van der Waals surface area contributed by atoms with Crippen molar-refractivity contribution in [3.63, 3.8) is 0 Å². The zero-order chi connectivity index (χ0) is 11.6. The molecule has 2 aromatic rings. The van der Waals surface area contributed by atoms with Gasteiger partial charge in [0, 0.05) is 16.1 Å². The Morgan fingerprint density at radius 2 is 2.18 bits per heavy atom. The van der Waals surface area contributed by atoms with Crippen LogP contribution in [0.4, 0.5) is 4.79 Å². The van der Waals surface area contributed by atoms with Gasteiger partial charge in [0.25, 0.3) is 0 Å². The normalized spacial score (nSPS) is 22.4. The number of thiophene rings is 1. The van der Waals surface area contributed by atoms with Crippen molar-refractivity contribution in [2.24, 2.45) is 0 Å². The summed E-state index contributed by atoms with van der Waals surface area (Å²) in [7, 11) is 0. The van der Waals surface area contributed by atoms with E-state index in [1.54, 1.807) is 16.2 Å². The number of carbonyl (C=O) groups is 1. The van der Waals surface area contributed by atoms with Crippen LogP contribution in [0.25, 0.3) is 10.1 Å². The van der Waals surface area contributed by atoms with Crippen LogP contribution in [0.1, 0.15) is 16.5 Å². The highest BCUT2D eigenvalue weighted by molar-refractivity contribution is 7.19. The van der Waals surface area contributed by atoms with E-state index < -0.39 is 0 Å². The molecule has 1 saturated heterocycles. The third-order valence-electron chi connectivity index (χ3n) is 3.54. The fourth-order valence-electron chi connectivity index (χ4n) is 2.71. The minimum Gasteiger partial charge on any atom is -0.316 e. The maximum atomic E-state index is 11.7. The zero-order valence-electron chi connectivity index (χ0n) is 8.96. The highest BCUT2D eigenvalue weighted by Gasteiger charge is 2.44. The molecule has 2 bridgehead atoms. The number of amides is 2. The monoisotopic (exact) mass is 246 g/mol. The van der Waals surface area contributed by atoms with Gasteiger partial charge in [0.05, 0.1) is 6.54 Å². The molecule has 2 aliphatic heterocycles. The summed E-state index contributed by atoms with van der Waals surface area (Å²) in [4.78, 5) is 14.5. The first-order valence-electron chi connectivity index (χ1n) is 5.53. The number of carbonyl (C=O) groups excluding carboxylic acids is 1. The van der Waals surface area contributed by atoms with Gasteiger partial charge >= 0.3 is 6.03 Å². The molecule has 0 saturated carbocycles. The van der Waals surface area contributed by atoms with E-state index in [4.69, 9.17) is 0 Å². The highest BCUT2D eigenvalue weighted by atomic mass is 32.1. The molecule has 2 aliphatic rings. The third-order valence-corrected chi connectivity index (χ3v) is 4.85. The topological polar surface area (TPSA) is 43.8 Å². The molecule has 4 rings (SSSR count). The summed E-state index contributed by atoms with van der Waals surface area (Å²) in [6.45, 7) is 1.22. The minimum atomic E-state index is -0.275. The molecular weight excluding hydrogens is 236 g/mol. The van der Waals surface area contributed by atoms with Crippen molar-refractivity contribution in [3.8, 4) is 0 Å². The second-order valence-corrected chi connectivity index (χ2v) is 5.55. The molecule has 1 aromatic heterocycles. The van der Waals surface area contributed by atoms with Crippen LogP contribution in [-0.2, 0) is 6.54 Å². The van der Waals surface area contributed by atoms with E-state index in [1.165, 1.54) is 15.6 Å². The van der Waals surface area contributed by atoms with Crippen molar-refractivity contribution in [2.45, 2.75) is 12.6 Å². The van der Waals surface area contributed by atoms with Gasteiger partial charge in [-0.25, -0.2) is 4.79 Å². The van der Waals surface area contributed by atoms with Gasteiger partial charge in [-0.1, -0.05) is 18.2 Å². The molecule has 1 unspecified atom stereocenters. The van der Waals surface area contributed by atoms with Crippen LogP contribution >= 0.6 is 11.3 Å². The van der Waals surface area contributed by atoms with Gasteiger partial charge < -0.3 is 4.90 Å². The standard InChI is InChI=1S/C12H10N2O2S/c15-12-13-5-8-7-3-1-2-4-10(7)17-11(8)9(6-13)14(12)16/h1-4,9,16H,5-6H2. The van der Waals surface area contributed by atoms with Crippen LogP contribution in [0, 0.1) is 0 Å². The largest absolute Gasteiger partial charge is 0.344 e. The van der Waals surface area contributed by atoms with E-state index in [1.807, 2.05) is 12.1 Å². The fraction of sp³-hybridized carbons (Fsp3) is 0.250. The third kappa shape index (κ3) is 1.08. The Morgan fingerprint density at radius 3 is 3.06 bits per heavy atom. The van der Waals surface area contributed by atoms with Gasteiger partial charge in [-0.2, -0.15) is 5.06 Å². The molecule has 4 nitrogen and oxygen atoms in total. The number of fused-ring (bicyclic) bond motifs is 6. The van der Waals surface area contributed by atoms with E-state index in [0.29, 0.717) is 13.1 Å². The molecule has 2 amide bonds. The molecule has 5 heteroatoms. The molecule has 0 aliphatic carbocycles. The van der Waals surface area contributed by atoms with Crippen molar-refractivity contribution in [3.05, 3.63) is 34.7 Å². The Bertz CT molecular complexity index is 636. The lowest BCUT2D eigenvalue weighted by molar-refractivity contribution is -0.0577. The maximum Gasteiger partial charge on any atom is 0.344 e. The number of hydrogen-bond acceptors (Lipinski definition) is 3. The summed E-state index contributed by atoms with van der Waals surface area (Å²) in [5.41, 5.74) is 1.20. The highest BCUT2D eigenvalue weighted by Crippen LogP contribution is 2.44. The van der Waals surface area contributed by atoms with Crippen LogP contribution in [-0.4, -0.2) is 27.7 Å². The molecule has 3 heterocycles. The Balaban J connectivity index is 2.00. The molecule has 1 atom stereocenters. The first kappa shape index (κ1) is 9.44. The van der Waals surface area contributed by atoms with E-state index in [9.17, 15) is 10.0 Å². The number of benzene rings is 1. The predicted octanol–water partition coefficient (Wildman–Crippen LogP) is 2.58. The smallest absolute Gasteiger partial charge is 0.316 e. The average molecular weight is 246 g/mol. The quantitative estimate of drug-likeness (QED) is 0.726. The van der Waals surface area contributed by atoms with E-state index in [-0.39, 0.29) is 12.1 Å². The number of hydrogen-bond donors (Lipinski definition) is 1. The SMILES string of the molecule is O=C1N2Cc3c(sc4ccccc34)C(C2)N1O. The number of nitrogens with zero attached hydrogens (tertiary/aromatic N) is 2. The minimum absolute atomic E-state index is 0.177. The van der Waals surface area contributed by atoms with Crippen molar-refractivity contribution in [1.82, 2.24) is 9.96 Å². The van der Waals surface area contributed by atoms with Gasteiger partial charge in [0.1, 0.15) is 6.04 Å². The predicted molar refractivity (Wildman–Crippen MR) is 64.0 cm³/mol. The zero-order valence-corrected chi connectivity index (χ0v) is 9.78. The lowest BCUT2D eigenvalue weighted by Gasteiger charge is -2.20. The number of rotatable bonds is 0. The number of hydroxylamine groups is 2. The van der Waals surface area contributed by atoms with Crippen LogP contribution in [0.15, 0.2) is 24.3 Å². The molecule has 86 valence electrons. The molecule has 0 spiro atoms. The van der Waals surface area contributed by atoms with E-state index in [0.717, 1.165) is 9.94 Å². The first-order chi connectivity index (χ1) is 8.25. The molecule has 0 radical (unpaired) electrons. The number of urea groups is 1. The second kappa shape index (κ2) is 3.00. The Morgan fingerprint density at radius 1 is 1.35 bits per heavy atom. The second-order valence-electron chi connectivity index (χ2n) is 4.46. The average Bonchev–Trinajstić information content (AvgIpc) is 2.83. The maximum absolute atomic E-state index is 11.7. The summed E-state index contributed by atoms with van der Waals surface area (Å²) < 4.78 is 1.23. The Labute approximate surface area is 102 Å². The van der Waals surface area contributed by atoms with Gasteiger partial charge in [0.15, 0.2) is 0 Å². The Kier molecular flexibility index (Phi) is 1.66. The first-order valence-corrected chi connectivity index (χ1v) is 6.34. The van der Waals surface area contributed by atoms with Gasteiger partial charge in [-0.15, -0.1) is 11.3 Å². The van der Waals surface area contributed by atoms with Crippen molar-refractivity contribution < 1.29 is 10.0 Å². The van der Waals surface area contributed by atoms with Crippen LogP contribution in [0.3, 0.4) is 0 Å². The van der Waals surface area contributed by atoms with Gasteiger partial charge in [-0.05, 0) is 17.0 Å². The van der Waals surface area contributed by atoms with Crippen molar-refractivity contribution >= 4 is 27.5 Å². The lowest BCUT2D eigenvalue weighted by Crippen LogP contribution is -2.28. The Hall–Kier alpha value is -1.59. The summed E-state index contributed by atoms with van der Waals surface area (Å²) in [5, 5.41) is 11.9. The van der Waals surface area contributed by atoms with Crippen molar-refractivity contribution in [2.75, 3.05) is 6.54 Å². The van der Waals surface area contributed by atoms with Crippen LogP contribution in [0.5, 0.6) is 0 Å². The summed E-state index contributed by atoms with van der Waals surface area (Å²) >= 11 is 1.68. The summed E-state index contributed by atoms with van der Waals surface area (Å²) in [6, 6.07) is 7.75. The van der Waals surface area contributed by atoms with E-state index >= 15 is 0 Å². The summed E-state index contributed by atoms with van der Waals surface area (Å²) in [5.74, 6) is 0. The molecule has 1 N–H and O–H groups in total. The van der Waals surface area contributed by atoms with Gasteiger partial charge in [-0.3, -0.25) is 5.21 Å². The van der Waals surface area contributed by atoms with E-state index in [2.05, 4.69) is 12.1 Å². The molecule has 17 heavy (non-hydrogen) atoms. The molecular formula is C12H10N2O2S. The fourth-order valence-corrected chi connectivity index (χ4v) is 4.00.